The predicted molar refractivity (Wildman–Crippen MR) is 91.4 cm³/mol. The van der Waals surface area contributed by atoms with Crippen molar-refractivity contribution in [2.45, 2.75) is 83.5 Å². The van der Waals surface area contributed by atoms with Crippen LogP contribution in [-0.2, 0) is 9.53 Å². The number of carbonyl (C=O) groups is 1. The van der Waals surface area contributed by atoms with Crippen LogP contribution in [0.5, 0.6) is 0 Å². The Balaban J connectivity index is 1.53. The number of carbonyl (C=O) groups excluding carboxylic acids is 1. The second-order valence-corrected chi connectivity index (χ2v) is 9.75. The van der Waals surface area contributed by atoms with E-state index in [1.807, 2.05) is 0 Å². The number of fused-ring (bicyclic) bond motifs is 7. The average Bonchev–Trinajstić information content (AvgIpc) is 3.21. The summed E-state index contributed by atoms with van der Waals surface area (Å²) in [7, 11) is 0. The molecule has 3 saturated carbocycles. The quantitative estimate of drug-likeness (QED) is 0.590. The summed E-state index contributed by atoms with van der Waals surface area (Å²) in [4.78, 5) is 12.4. The third-order valence-corrected chi connectivity index (χ3v) is 8.95. The van der Waals surface area contributed by atoms with Gasteiger partial charge in [0.2, 0.25) is 0 Å². The lowest BCUT2D eigenvalue weighted by molar-refractivity contribution is -0.129. The summed E-state index contributed by atoms with van der Waals surface area (Å²) in [6, 6.07) is 0. The van der Waals surface area contributed by atoms with Crippen LogP contribution in [0.15, 0.2) is 11.6 Å². The van der Waals surface area contributed by atoms with Gasteiger partial charge >= 0.3 is 0 Å². The molecule has 1 saturated heterocycles. The highest BCUT2D eigenvalue weighted by atomic mass is 16.6. The van der Waals surface area contributed by atoms with Crippen LogP contribution in [0.4, 0.5) is 0 Å². The first-order chi connectivity index (χ1) is 11.3. The van der Waals surface area contributed by atoms with Gasteiger partial charge in [-0.05, 0) is 75.0 Å². The minimum absolute atomic E-state index is 0.00492. The number of hydrogen-bond donors (Lipinski definition) is 1. The van der Waals surface area contributed by atoms with Crippen LogP contribution in [0.25, 0.3) is 0 Å². The maximum absolute atomic E-state index is 12.4. The van der Waals surface area contributed by atoms with Crippen molar-refractivity contribution in [2.75, 3.05) is 0 Å². The molecular weight excluding hydrogens is 300 g/mol. The molecule has 3 nitrogen and oxygen atoms in total. The van der Waals surface area contributed by atoms with Crippen LogP contribution in [-0.4, -0.2) is 28.7 Å². The van der Waals surface area contributed by atoms with Gasteiger partial charge in [-0.3, -0.25) is 4.79 Å². The van der Waals surface area contributed by atoms with E-state index in [0.29, 0.717) is 17.8 Å². The molecule has 1 aliphatic heterocycles. The van der Waals surface area contributed by atoms with E-state index in [2.05, 4.69) is 19.9 Å². The Morgan fingerprint density at radius 1 is 1.25 bits per heavy atom. The van der Waals surface area contributed by atoms with Crippen LogP contribution in [0.2, 0.25) is 0 Å². The number of aliphatic hydroxyl groups is 1. The molecule has 0 aromatic rings. The lowest BCUT2D eigenvalue weighted by Crippen LogP contribution is -2.52. The van der Waals surface area contributed by atoms with Crippen molar-refractivity contribution in [1.82, 2.24) is 0 Å². The zero-order valence-electron chi connectivity index (χ0n) is 15.2. The summed E-state index contributed by atoms with van der Waals surface area (Å²) in [6.45, 7) is 6.50. The summed E-state index contributed by atoms with van der Waals surface area (Å²) in [6.07, 6.45) is 10.2. The Morgan fingerprint density at radius 2 is 2.04 bits per heavy atom. The smallest absolute Gasteiger partial charge is 0.164 e. The Kier molecular flexibility index (Phi) is 2.94. The van der Waals surface area contributed by atoms with Crippen LogP contribution < -0.4 is 0 Å². The number of aliphatic hydroxyl groups excluding tert-OH is 1. The summed E-state index contributed by atoms with van der Waals surface area (Å²) < 4.78 is 5.99. The fraction of sp³-hybridized carbons (Fsp3) is 0.857. The number of rotatable bonds is 1. The van der Waals surface area contributed by atoms with E-state index in [-0.39, 0.29) is 28.8 Å². The first kappa shape index (κ1) is 15.6. The topological polar surface area (TPSA) is 49.8 Å². The molecule has 4 aliphatic carbocycles. The van der Waals surface area contributed by atoms with E-state index in [0.717, 1.165) is 32.1 Å². The van der Waals surface area contributed by atoms with Crippen molar-refractivity contribution in [3.63, 3.8) is 0 Å². The third-order valence-electron chi connectivity index (χ3n) is 8.95. The van der Waals surface area contributed by atoms with Crippen LogP contribution in [0.1, 0.15) is 65.7 Å². The van der Waals surface area contributed by atoms with Crippen molar-refractivity contribution in [2.24, 2.45) is 28.6 Å². The molecular formula is C21H30O3. The first-order valence-corrected chi connectivity index (χ1v) is 9.90. The molecule has 0 aromatic heterocycles. The van der Waals surface area contributed by atoms with Gasteiger partial charge in [-0.1, -0.05) is 25.5 Å². The molecule has 3 heteroatoms. The van der Waals surface area contributed by atoms with E-state index < -0.39 is 5.60 Å². The van der Waals surface area contributed by atoms with Gasteiger partial charge in [0.05, 0.1) is 12.2 Å². The number of allylic oxidation sites excluding steroid dienone is 2. The van der Waals surface area contributed by atoms with Crippen molar-refractivity contribution >= 4 is 5.78 Å². The van der Waals surface area contributed by atoms with Gasteiger partial charge in [-0.25, -0.2) is 0 Å². The average molecular weight is 330 g/mol. The molecule has 5 aliphatic rings. The number of hydrogen-bond acceptors (Lipinski definition) is 3. The molecule has 132 valence electrons. The maximum Gasteiger partial charge on any atom is 0.164 e. The van der Waals surface area contributed by atoms with Gasteiger partial charge < -0.3 is 9.84 Å². The summed E-state index contributed by atoms with van der Waals surface area (Å²) in [5.41, 5.74) is 1.48. The maximum atomic E-state index is 12.4. The van der Waals surface area contributed by atoms with E-state index in [4.69, 9.17) is 4.74 Å². The predicted octanol–water partition coefficient (Wildman–Crippen LogP) is 3.65. The molecule has 0 amide bonds. The third kappa shape index (κ3) is 1.60. The molecule has 8 atom stereocenters. The van der Waals surface area contributed by atoms with Crippen molar-refractivity contribution in [3.05, 3.63) is 11.6 Å². The van der Waals surface area contributed by atoms with E-state index in [1.54, 1.807) is 12.5 Å². The molecule has 0 radical (unpaired) electrons. The molecule has 0 aromatic carbocycles. The summed E-state index contributed by atoms with van der Waals surface area (Å²) in [5, 5.41) is 10.1. The number of ether oxygens (including phenoxy) is 1. The van der Waals surface area contributed by atoms with Gasteiger partial charge in [0, 0.05) is 5.41 Å². The largest absolute Gasteiger partial charge is 0.393 e. The Hall–Kier alpha value is -0.670. The number of ketones is 1. The number of Topliss-reactive ketones (excluding diaryl/α,β-unsaturated/α-hetero) is 1. The van der Waals surface area contributed by atoms with E-state index in [9.17, 15) is 9.90 Å². The van der Waals surface area contributed by atoms with E-state index in [1.165, 1.54) is 12.8 Å². The lowest BCUT2D eigenvalue weighted by Gasteiger charge is -2.57. The fourth-order valence-corrected chi connectivity index (χ4v) is 7.57. The van der Waals surface area contributed by atoms with Gasteiger partial charge in [-0.2, -0.15) is 0 Å². The van der Waals surface area contributed by atoms with Gasteiger partial charge in [0.1, 0.15) is 0 Å². The highest BCUT2D eigenvalue weighted by Gasteiger charge is 2.78. The molecule has 0 spiro atoms. The van der Waals surface area contributed by atoms with Crippen LogP contribution in [0.3, 0.4) is 0 Å². The molecule has 2 unspecified atom stereocenters. The zero-order valence-corrected chi connectivity index (χ0v) is 15.2. The highest BCUT2D eigenvalue weighted by molar-refractivity contribution is 5.90. The lowest BCUT2D eigenvalue weighted by atomic mass is 9.48. The SMILES string of the molecule is CC(=O)[C@@]12OC1C[C@H]1[C@@H]3CC[C@H]4CC(O)CC[C@]4(C)C3=CC[C@@]12C. The monoisotopic (exact) mass is 330 g/mol. The molecule has 24 heavy (non-hydrogen) atoms. The zero-order chi connectivity index (χ0) is 16.9. The van der Waals surface area contributed by atoms with E-state index >= 15 is 0 Å². The Labute approximate surface area is 144 Å². The summed E-state index contributed by atoms with van der Waals surface area (Å²) >= 11 is 0. The van der Waals surface area contributed by atoms with Crippen molar-refractivity contribution in [1.29, 1.82) is 0 Å². The minimum Gasteiger partial charge on any atom is -0.393 e. The van der Waals surface area contributed by atoms with Gasteiger partial charge in [0.25, 0.3) is 0 Å². The second-order valence-electron chi connectivity index (χ2n) is 9.75. The molecule has 1 heterocycles. The number of epoxide rings is 1. The Bertz CT molecular complexity index is 639. The van der Waals surface area contributed by atoms with Gasteiger partial charge in [0.15, 0.2) is 11.4 Å². The van der Waals surface area contributed by atoms with Crippen LogP contribution in [0, 0.1) is 28.6 Å². The highest BCUT2D eigenvalue weighted by Crippen LogP contribution is 2.72. The van der Waals surface area contributed by atoms with Crippen molar-refractivity contribution < 1.29 is 14.6 Å². The normalized spacial score (nSPS) is 58.0. The Morgan fingerprint density at radius 3 is 2.79 bits per heavy atom. The van der Waals surface area contributed by atoms with Gasteiger partial charge in [-0.15, -0.1) is 0 Å². The minimum atomic E-state index is -0.472. The molecule has 5 rings (SSSR count). The van der Waals surface area contributed by atoms with Crippen LogP contribution >= 0.6 is 0 Å². The molecule has 4 fully saturated rings. The fourth-order valence-electron chi connectivity index (χ4n) is 7.57. The first-order valence-electron chi connectivity index (χ1n) is 9.90. The second kappa shape index (κ2) is 4.54. The standard InChI is InChI=1S/C21H30O3/c1-12(22)21-18(24-21)11-17-15-5-4-13-10-14(23)6-8-19(13,2)16(15)7-9-20(17,21)3/h7,13-15,17-18,23H,4-6,8-11H2,1-3H3/t13-,14?,15+,17-,18?,19-,20-,21+/m0/s1. The molecule has 0 bridgehead atoms. The molecule has 1 N–H and O–H groups in total. The van der Waals surface area contributed by atoms with Crippen molar-refractivity contribution in [3.8, 4) is 0 Å². The summed E-state index contributed by atoms with van der Waals surface area (Å²) in [5.74, 6) is 2.12.